The van der Waals surface area contributed by atoms with Crippen molar-refractivity contribution >= 4 is 29.9 Å². The molecular weight excluding hydrogens is 419 g/mol. The summed E-state index contributed by atoms with van der Waals surface area (Å²) >= 11 is 6.45. The number of rotatable bonds is 8. The van der Waals surface area contributed by atoms with Crippen molar-refractivity contribution in [1.82, 2.24) is 10.2 Å². The maximum atomic E-state index is 12.5. The summed E-state index contributed by atoms with van der Waals surface area (Å²) in [6.07, 6.45) is 2.37. The first-order chi connectivity index (χ1) is 14.0. The van der Waals surface area contributed by atoms with E-state index in [0.717, 1.165) is 40.6 Å². The highest BCUT2D eigenvalue weighted by molar-refractivity contribution is 6.31. The Morgan fingerprint density at radius 1 is 1.13 bits per heavy atom. The summed E-state index contributed by atoms with van der Waals surface area (Å²) in [4.78, 5) is 14.9. The number of carbonyl (C=O) groups is 1. The van der Waals surface area contributed by atoms with E-state index in [2.05, 4.69) is 42.3 Å². The van der Waals surface area contributed by atoms with Gasteiger partial charge in [0, 0.05) is 11.6 Å². The average molecular weight is 451 g/mol. The number of nitrogens with one attached hydrogen (secondary N) is 1. The molecule has 1 fully saturated rings. The highest BCUT2D eigenvalue weighted by Crippen LogP contribution is 2.30. The lowest BCUT2D eigenvalue weighted by molar-refractivity contribution is -0.123. The molecule has 6 heteroatoms. The van der Waals surface area contributed by atoms with Crippen LogP contribution in [0.3, 0.4) is 0 Å². The molecule has 1 saturated heterocycles. The van der Waals surface area contributed by atoms with Crippen LogP contribution in [0.4, 0.5) is 0 Å². The Morgan fingerprint density at radius 3 is 2.50 bits per heavy atom. The fourth-order valence-electron chi connectivity index (χ4n) is 3.88. The third-order valence-electron chi connectivity index (χ3n) is 5.49. The molecule has 1 atom stereocenters. The van der Waals surface area contributed by atoms with Gasteiger partial charge in [0.2, 0.25) is 0 Å². The van der Waals surface area contributed by atoms with Gasteiger partial charge in [-0.05, 0) is 67.6 Å². The van der Waals surface area contributed by atoms with Gasteiger partial charge in [0.1, 0.15) is 5.75 Å². The Kier molecular flexibility index (Phi) is 9.47. The highest BCUT2D eigenvalue weighted by Gasteiger charge is 2.25. The lowest BCUT2D eigenvalue weighted by atomic mass is 10.0. The first kappa shape index (κ1) is 24.5. The highest BCUT2D eigenvalue weighted by atomic mass is 35.5. The van der Waals surface area contributed by atoms with E-state index in [1.165, 1.54) is 12.8 Å². The van der Waals surface area contributed by atoms with E-state index in [1.807, 2.05) is 31.2 Å². The molecule has 1 N–H and O–H groups in total. The topological polar surface area (TPSA) is 41.6 Å². The van der Waals surface area contributed by atoms with Crippen LogP contribution in [0.25, 0.3) is 0 Å². The van der Waals surface area contributed by atoms with Crippen molar-refractivity contribution in [3.63, 3.8) is 0 Å². The summed E-state index contributed by atoms with van der Waals surface area (Å²) < 4.78 is 5.88. The molecule has 30 heavy (non-hydrogen) atoms. The second-order valence-electron chi connectivity index (χ2n) is 8.07. The zero-order chi connectivity index (χ0) is 20.8. The van der Waals surface area contributed by atoms with Gasteiger partial charge in [0.15, 0.2) is 6.61 Å². The molecule has 4 nitrogen and oxygen atoms in total. The van der Waals surface area contributed by atoms with Crippen molar-refractivity contribution in [3.8, 4) is 5.75 Å². The van der Waals surface area contributed by atoms with Crippen LogP contribution in [0, 0.1) is 6.92 Å². The number of hydrogen-bond donors (Lipinski definition) is 1. The zero-order valence-corrected chi connectivity index (χ0v) is 19.6. The molecule has 2 aromatic rings. The van der Waals surface area contributed by atoms with Crippen LogP contribution in [0.2, 0.25) is 5.02 Å². The Bertz CT molecular complexity index is 836. The fraction of sp³-hybridized carbons (Fsp3) is 0.458. The number of aryl methyl sites for hydroxylation is 1. The minimum atomic E-state index is -0.113. The second kappa shape index (κ2) is 11.6. The van der Waals surface area contributed by atoms with Crippen LogP contribution in [0.15, 0.2) is 42.5 Å². The maximum Gasteiger partial charge on any atom is 0.258 e. The molecular formula is C24H32Cl2N2O2. The predicted molar refractivity (Wildman–Crippen MR) is 126 cm³/mol. The summed E-state index contributed by atoms with van der Waals surface area (Å²) in [6.45, 7) is 8.88. The molecule has 1 heterocycles. The lowest BCUT2D eigenvalue weighted by Crippen LogP contribution is -2.38. The smallest absolute Gasteiger partial charge is 0.258 e. The number of halogens is 2. The summed E-state index contributed by atoms with van der Waals surface area (Å²) in [5.74, 6) is 1.02. The van der Waals surface area contributed by atoms with E-state index in [9.17, 15) is 4.79 Å². The number of hydrogen-bond acceptors (Lipinski definition) is 3. The van der Waals surface area contributed by atoms with Gasteiger partial charge in [-0.3, -0.25) is 9.69 Å². The Hall–Kier alpha value is -1.75. The first-order valence-corrected chi connectivity index (χ1v) is 10.8. The first-order valence-electron chi connectivity index (χ1n) is 10.4. The molecule has 2 aromatic carbocycles. The Morgan fingerprint density at radius 2 is 1.83 bits per heavy atom. The largest absolute Gasteiger partial charge is 0.483 e. The third kappa shape index (κ3) is 6.37. The molecule has 1 aliphatic heterocycles. The molecule has 0 aliphatic carbocycles. The summed E-state index contributed by atoms with van der Waals surface area (Å²) in [7, 11) is 0. The predicted octanol–water partition coefficient (Wildman–Crippen LogP) is 5.53. The minimum absolute atomic E-state index is 0. The Labute approximate surface area is 191 Å². The van der Waals surface area contributed by atoms with Gasteiger partial charge in [-0.25, -0.2) is 0 Å². The monoisotopic (exact) mass is 450 g/mol. The molecule has 0 spiro atoms. The maximum absolute atomic E-state index is 12.5. The van der Waals surface area contributed by atoms with Gasteiger partial charge < -0.3 is 10.1 Å². The summed E-state index contributed by atoms with van der Waals surface area (Å²) in [5, 5.41) is 3.80. The van der Waals surface area contributed by atoms with Crippen molar-refractivity contribution in [1.29, 1.82) is 0 Å². The van der Waals surface area contributed by atoms with Crippen molar-refractivity contribution in [3.05, 3.63) is 64.2 Å². The van der Waals surface area contributed by atoms with Crippen molar-refractivity contribution in [2.45, 2.75) is 45.6 Å². The Balaban J connectivity index is 0.00000320. The van der Waals surface area contributed by atoms with E-state index in [4.69, 9.17) is 16.3 Å². The van der Waals surface area contributed by atoms with Crippen LogP contribution < -0.4 is 10.1 Å². The fourth-order valence-corrected chi connectivity index (χ4v) is 4.14. The van der Waals surface area contributed by atoms with E-state index >= 15 is 0 Å². The standard InChI is InChI=1S/C24H31ClN2O2.ClH/c1-17(2)19-11-10-18(3)14-23(19)29-16-24(28)26-15-22(27-12-6-7-13-27)20-8-4-5-9-21(20)25;/h4-5,8-11,14,17,22H,6-7,12-13,15-16H2,1-3H3,(H,26,28);1H. The number of nitrogens with zero attached hydrogens (tertiary/aromatic N) is 1. The summed E-state index contributed by atoms with van der Waals surface area (Å²) in [5.41, 5.74) is 3.31. The van der Waals surface area contributed by atoms with Crippen LogP contribution in [-0.2, 0) is 4.79 Å². The molecule has 1 aliphatic rings. The van der Waals surface area contributed by atoms with Gasteiger partial charge in [0.05, 0.1) is 6.04 Å². The van der Waals surface area contributed by atoms with Gasteiger partial charge >= 0.3 is 0 Å². The molecule has 1 amide bonds. The van der Waals surface area contributed by atoms with E-state index in [-0.39, 0.29) is 31.0 Å². The molecule has 0 aromatic heterocycles. The van der Waals surface area contributed by atoms with Crippen molar-refractivity contribution in [2.75, 3.05) is 26.2 Å². The molecule has 164 valence electrons. The quantitative estimate of drug-likeness (QED) is 0.574. The molecule has 0 radical (unpaired) electrons. The second-order valence-corrected chi connectivity index (χ2v) is 8.48. The molecule has 3 rings (SSSR count). The normalized spacial score (nSPS) is 15.0. The van der Waals surface area contributed by atoms with Gasteiger partial charge in [-0.1, -0.05) is 55.8 Å². The molecule has 0 saturated carbocycles. The average Bonchev–Trinajstić information content (AvgIpc) is 3.22. The van der Waals surface area contributed by atoms with Gasteiger partial charge in [0.25, 0.3) is 5.91 Å². The zero-order valence-electron chi connectivity index (χ0n) is 18.0. The van der Waals surface area contributed by atoms with Crippen LogP contribution in [-0.4, -0.2) is 37.0 Å². The van der Waals surface area contributed by atoms with Crippen LogP contribution in [0.1, 0.15) is 55.3 Å². The van der Waals surface area contributed by atoms with Crippen LogP contribution in [0.5, 0.6) is 5.75 Å². The number of carbonyl (C=O) groups excluding carboxylic acids is 1. The molecule has 0 bridgehead atoms. The third-order valence-corrected chi connectivity index (χ3v) is 5.83. The van der Waals surface area contributed by atoms with Gasteiger partial charge in [-0.2, -0.15) is 0 Å². The lowest BCUT2D eigenvalue weighted by Gasteiger charge is -2.29. The summed E-state index contributed by atoms with van der Waals surface area (Å²) in [6, 6.07) is 14.1. The van der Waals surface area contributed by atoms with E-state index in [1.54, 1.807) is 0 Å². The number of benzene rings is 2. The van der Waals surface area contributed by atoms with E-state index in [0.29, 0.717) is 12.5 Å². The van der Waals surface area contributed by atoms with Crippen molar-refractivity contribution < 1.29 is 9.53 Å². The van der Waals surface area contributed by atoms with Gasteiger partial charge in [-0.15, -0.1) is 12.4 Å². The number of amides is 1. The van der Waals surface area contributed by atoms with Crippen LogP contribution >= 0.6 is 24.0 Å². The molecule has 1 unspecified atom stereocenters. The number of ether oxygens (including phenoxy) is 1. The minimum Gasteiger partial charge on any atom is -0.483 e. The van der Waals surface area contributed by atoms with Crippen molar-refractivity contribution in [2.24, 2.45) is 0 Å². The number of likely N-dealkylation sites (tertiary alicyclic amines) is 1. The SMILES string of the molecule is Cc1ccc(C(C)C)c(OCC(=O)NCC(c2ccccc2Cl)N2CCCC2)c1.Cl. The van der Waals surface area contributed by atoms with E-state index < -0.39 is 0 Å².